The van der Waals surface area contributed by atoms with Gasteiger partial charge in [-0.25, -0.2) is 0 Å². The molecule has 1 heterocycles. The quantitative estimate of drug-likeness (QED) is 0.679. The van der Waals surface area contributed by atoms with E-state index in [-0.39, 0.29) is 11.8 Å². The smallest absolute Gasteiger partial charge is 0.248 e. The summed E-state index contributed by atoms with van der Waals surface area (Å²) >= 11 is 0. The third-order valence-corrected chi connectivity index (χ3v) is 4.52. The zero-order chi connectivity index (χ0) is 20.6. The van der Waals surface area contributed by atoms with Crippen molar-refractivity contribution in [2.24, 2.45) is 0 Å². The molecule has 1 aliphatic heterocycles. The third-order valence-electron chi connectivity index (χ3n) is 4.52. The first-order valence-electron chi connectivity index (χ1n) is 9.90. The fraction of sp³-hybridized carbons (Fsp3) is 0.304. The zero-order valence-electron chi connectivity index (χ0n) is 16.8. The van der Waals surface area contributed by atoms with E-state index in [1.54, 1.807) is 29.2 Å². The molecule has 0 saturated carbocycles. The molecule has 0 atom stereocenters. The Hall–Kier alpha value is -3.28. The van der Waals surface area contributed by atoms with Crippen molar-refractivity contribution in [2.75, 3.05) is 30.0 Å². The van der Waals surface area contributed by atoms with Crippen molar-refractivity contribution in [1.82, 2.24) is 0 Å². The van der Waals surface area contributed by atoms with Gasteiger partial charge in [-0.3, -0.25) is 9.59 Å². The topological polar surface area (TPSA) is 67.9 Å². The van der Waals surface area contributed by atoms with Gasteiger partial charge in [0.15, 0.2) is 11.5 Å². The summed E-state index contributed by atoms with van der Waals surface area (Å²) < 4.78 is 11.1. The van der Waals surface area contributed by atoms with Crippen LogP contribution < -0.4 is 19.7 Å². The molecule has 2 aromatic carbocycles. The highest BCUT2D eigenvalue weighted by molar-refractivity contribution is 6.02. The van der Waals surface area contributed by atoms with E-state index in [1.807, 2.05) is 38.1 Å². The molecule has 0 radical (unpaired) electrons. The molecule has 0 aliphatic carbocycles. The van der Waals surface area contributed by atoms with E-state index in [9.17, 15) is 9.59 Å². The summed E-state index contributed by atoms with van der Waals surface area (Å²) in [5, 5.41) is 2.83. The van der Waals surface area contributed by atoms with Crippen LogP contribution in [0.3, 0.4) is 0 Å². The van der Waals surface area contributed by atoms with Crippen LogP contribution in [-0.4, -0.2) is 31.6 Å². The summed E-state index contributed by atoms with van der Waals surface area (Å²) in [5.41, 5.74) is 2.42. The number of hydrogen-bond donors (Lipinski definition) is 1. The van der Waals surface area contributed by atoms with E-state index in [1.165, 1.54) is 6.08 Å². The number of nitrogens with one attached hydrogen (secondary N) is 1. The van der Waals surface area contributed by atoms with Gasteiger partial charge in [-0.15, -0.1) is 0 Å². The number of benzene rings is 2. The van der Waals surface area contributed by atoms with Gasteiger partial charge in [0.2, 0.25) is 11.8 Å². The van der Waals surface area contributed by atoms with Crippen molar-refractivity contribution < 1.29 is 19.1 Å². The molecule has 0 unspecified atom stereocenters. The minimum Gasteiger partial charge on any atom is -0.490 e. The highest BCUT2D eigenvalue weighted by Gasteiger charge is 2.21. The molecule has 3 rings (SSSR count). The Balaban J connectivity index is 1.62. The molecule has 0 bridgehead atoms. The van der Waals surface area contributed by atoms with Crippen LogP contribution in [0.1, 0.15) is 32.3 Å². The molecule has 152 valence electrons. The lowest BCUT2D eigenvalue weighted by Gasteiger charge is -2.15. The Morgan fingerprint density at radius 1 is 1.07 bits per heavy atom. The molecular formula is C23H26N2O4. The van der Waals surface area contributed by atoms with Crippen molar-refractivity contribution in [1.29, 1.82) is 0 Å². The third kappa shape index (κ3) is 5.38. The highest BCUT2D eigenvalue weighted by Crippen LogP contribution is 2.30. The van der Waals surface area contributed by atoms with Crippen LogP contribution in [0, 0.1) is 0 Å². The van der Waals surface area contributed by atoms with E-state index in [4.69, 9.17) is 9.47 Å². The largest absolute Gasteiger partial charge is 0.490 e. The minimum absolute atomic E-state index is 0.162. The first-order valence-corrected chi connectivity index (χ1v) is 9.90. The maximum Gasteiger partial charge on any atom is 0.248 e. The molecule has 6 heteroatoms. The molecule has 0 spiro atoms. The Bertz CT molecular complexity index is 890. The highest BCUT2D eigenvalue weighted by atomic mass is 16.5. The predicted molar refractivity (Wildman–Crippen MR) is 114 cm³/mol. The van der Waals surface area contributed by atoms with Crippen LogP contribution in [0.5, 0.6) is 11.5 Å². The van der Waals surface area contributed by atoms with Crippen molar-refractivity contribution in [3.63, 3.8) is 0 Å². The second-order valence-electron chi connectivity index (χ2n) is 6.59. The van der Waals surface area contributed by atoms with Crippen LogP contribution >= 0.6 is 0 Å². The fourth-order valence-corrected chi connectivity index (χ4v) is 3.17. The van der Waals surface area contributed by atoms with E-state index >= 15 is 0 Å². The normalized spacial score (nSPS) is 13.7. The summed E-state index contributed by atoms with van der Waals surface area (Å²) in [6.07, 6.45) is 4.73. The SMILES string of the molecule is CCOc1ccc(NC(=O)/C=C/c2ccc(N3CCCC3=O)cc2)cc1OCC. The van der Waals surface area contributed by atoms with Gasteiger partial charge in [0.1, 0.15) is 0 Å². The fourth-order valence-electron chi connectivity index (χ4n) is 3.17. The number of carbonyl (C=O) groups excluding carboxylic acids is 2. The van der Waals surface area contributed by atoms with Gasteiger partial charge >= 0.3 is 0 Å². The zero-order valence-corrected chi connectivity index (χ0v) is 16.8. The lowest BCUT2D eigenvalue weighted by atomic mass is 10.2. The summed E-state index contributed by atoms with van der Waals surface area (Å²) in [6, 6.07) is 12.9. The summed E-state index contributed by atoms with van der Waals surface area (Å²) in [4.78, 5) is 25.9. The van der Waals surface area contributed by atoms with Gasteiger partial charge in [0.05, 0.1) is 13.2 Å². The second-order valence-corrected chi connectivity index (χ2v) is 6.59. The van der Waals surface area contributed by atoms with Crippen LogP contribution in [0.25, 0.3) is 6.08 Å². The van der Waals surface area contributed by atoms with Gasteiger partial charge in [-0.05, 0) is 56.2 Å². The van der Waals surface area contributed by atoms with E-state index in [2.05, 4.69) is 5.32 Å². The molecule has 1 fully saturated rings. The van der Waals surface area contributed by atoms with Crippen molar-refractivity contribution >= 4 is 29.3 Å². The van der Waals surface area contributed by atoms with Crippen LogP contribution in [0.15, 0.2) is 48.5 Å². The van der Waals surface area contributed by atoms with Crippen molar-refractivity contribution in [2.45, 2.75) is 26.7 Å². The molecule has 2 aromatic rings. The standard InChI is InChI=1S/C23H26N2O4/c1-3-28-20-13-10-18(16-21(20)29-4-2)24-22(26)14-9-17-7-11-19(12-8-17)25-15-5-6-23(25)27/h7-14,16H,3-6,15H2,1-2H3,(H,24,26)/b14-9+. The van der Waals surface area contributed by atoms with Crippen LogP contribution in [0.4, 0.5) is 11.4 Å². The number of ether oxygens (including phenoxy) is 2. The molecule has 2 amide bonds. The summed E-state index contributed by atoms with van der Waals surface area (Å²) in [5.74, 6) is 1.17. The molecule has 29 heavy (non-hydrogen) atoms. The van der Waals surface area contributed by atoms with E-state index < -0.39 is 0 Å². The predicted octanol–water partition coefficient (Wildman–Crippen LogP) is 4.26. The van der Waals surface area contributed by atoms with E-state index in [0.717, 1.165) is 24.2 Å². The Morgan fingerprint density at radius 2 is 1.79 bits per heavy atom. The number of carbonyl (C=O) groups is 2. The van der Waals surface area contributed by atoms with Gasteiger partial charge in [-0.2, -0.15) is 0 Å². The number of amides is 2. The molecular weight excluding hydrogens is 368 g/mol. The van der Waals surface area contributed by atoms with Crippen LogP contribution in [-0.2, 0) is 9.59 Å². The lowest BCUT2D eigenvalue weighted by molar-refractivity contribution is -0.117. The molecule has 1 aliphatic rings. The Labute approximate surface area is 171 Å². The van der Waals surface area contributed by atoms with Gasteiger partial charge < -0.3 is 19.7 Å². The summed E-state index contributed by atoms with van der Waals surface area (Å²) in [7, 11) is 0. The number of anilines is 2. The first-order chi connectivity index (χ1) is 14.1. The monoisotopic (exact) mass is 394 g/mol. The lowest BCUT2D eigenvalue weighted by Crippen LogP contribution is -2.23. The molecule has 1 N–H and O–H groups in total. The second kappa shape index (κ2) is 9.78. The minimum atomic E-state index is -0.240. The summed E-state index contributed by atoms with van der Waals surface area (Å²) in [6.45, 7) is 5.62. The van der Waals surface area contributed by atoms with Gasteiger partial charge in [0, 0.05) is 36.5 Å². The van der Waals surface area contributed by atoms with Gasteiger partial charge in [-0.1, -0.05) is 12.1 Å². The maximum atomic E-state index is 12.3. The Kier molecular flexibility index (Phi) is 6.89. The Morgan fingerprint density at radius 3 is 2.45 bits per heavy atom. The van der Waals surface area contributed by atoms with Crippen molar-refractivity contribution in [3.8, 4) is 11.5 Å². The number of nitrogens with zero attached hydrogens (tertiary/aromatic N) is 1. The maximum absolute atomic E-state index is 12.3. The average Bonchev–Trinajstić information content (AvgIpc) is 3.15. The first kappa shape index (κ1) is 20.5. The number of hydrogen-bond acceptors (Lipinski definition) is 4. The number of rotatable bonds is 8. The molecule has 6 nitrogen and oxygen atoms in total. The molecule has 0 aromatic heterocycles. The average molecular weight is 394 g/mol. The molecule has 1 saturated heterocycles. The van der Waals surface area contributed by atoms with Crippen molar-refractivity contribution in [3.05, 3.63) is 54.1 Å². The van der Waals surface area contributed by atoms with Gasteiger partial charge in [0.25, 0.3) is 0 Å². The van der Waals surface area contributed by atoms with E-state index in [0.29, 0.717) is 36.8 Å². The van der Waals surface area contributed by atoms with Crippen LogP contribution in [0.2, 0.25) is 0 Å².